The van der Waals surface area contributed by atoms with Crippen LogP contribution in [0.2, 0.25) is 0 Å². The van der Waals surface area contributed by atoms with E-state index in [1.807, 2.05) is 60.7 Å². The quantitative estimate of drug-likeness (QED) is 0.588. The maximum Gasteiger partial charge on any atom is 0.195 e. The zero-order chi connectivity index (χ0) is 11.0. The minimum atomic E-state index is 0.192. The summed E-state index contributed by atoms with van der Waals surface area (Å²) in [7, 11) is 0. The predicted molar refractivity (Wildman–Crippen MR) is 68.0 cm³/mol. The minimum absolute atomic E-state index is 0.192. The molecule has 3 rings (SSSR count). The molecule has 0 saturated carbocycles. The number of hydrogen-bond acceptors (Lipinski definition) is 1. The summed E-state index contributed by atoms with van der Waals surface area (Å²) in [6.07, 6.45) is 4.03. The molecular weight excluding hydrogens is 196 g/mol. The molecule has 0 unspecified atom stereocenters. The molecule has 3 aromatic carbocycles. The molecule has 3 aromatic rings. The Morgan fingerprint density at radius 3 is 2.44 bits per heavy atom. The Hall–Kier alpha value is -2.15. The molecule has 0 N–H and O–H groups in total. The summed E-state index contributed by atoms with van der Waals surface area (Å²) >= 11 is 0. The second-order valence-electron chi connectivity index (χ2n) is 3.84. The van der Waals surface area contributed by atoms with E-state index in [1.165, 1.54) is 0 Å². The number of fused-ring (bicyclic) bond motifs is 1. The van der Waals surface area contributed by atoms with Gasteiger partial charge in [-0.15, -0.1) is 0 Å². The summed E-state index contributed by atoms with van der Waals surface area (Å²) in [6.45, 7) is 0. The van der Waals surface area contributed by atoms with E-state index in [9.17, 15) is 4.79 Å². The van der Waals surface area contributed by atoms with Crippen molar-refractivity contribution in [3.05, 3.63) is 69.9 Å². The van der Waals surface area contributed by atoms with Gasteiger partial charge in [-0.3, -0.25) is 4.79 Å². The maximum absolute atomic E-state index is 11.3. The molecule has 76 valence electrons. The summed E-state index contributed by atoms with van der Waals surface area (Å²) in [4.78, 5) is 11.3. The lowest BCUT2D eigenvalue weighted by atomic mass is 10.1. The van der Waals surface area contributed by atoms with Crippen LogP contribution in [0.25, 0.3) is 22.9 Å². The number of benzene rings is 2. The SMILES string of the molecule is O=c1c2cccc(/C=C/c3ccccc3)c12. The lowest BCUT2D eigenvalue weighted by molar-refractivity contribution is 1.66. The lowest BCUT2D eigenvalue weighted by Gasteiger charge is -1.91. The highest BCUT2D eigenvalue weighted by molar-refractivity contribution is 6.04. The Morgan fingerprint density at radius 1 is 0.812 bits per heavy atom. The average Bonchev–Trinajstić information content (AvgIpc) is 3.00. The average molecular weight is 206 g/mol. The van der Waals surface area contributed by atoms with E-state index >= 15 is 0 Å². The summed E-state index contributed by atoms with van der Waals surface area (Å²) in [5.41, 5.74) is 2.36. The summed E-state index contributed by atoms with van der Waals surface area (Å²) < 4.78 is 0. The molecule has 0 aromatic heterocycles. The Kier molecular flexibility index (Phi) is 1.97. The predicted octanol–water partition coefficient (Wildman–Crippen LogP) is 3.25. The molecule has 1 nitrogen and oxygen atoms in total. The minimum Gasteiger partial charge on any atom is -0.289 e. The van der Waals surface area contributed by atoms with Crippen molar-refractivity contribution in [3.8, 4) is 0 Å². The first-order chi connectivity index (χ1) is 7.86. The zero-order valence-electron chi connectivity index (χ0n) is 8.68. The second-order valence-corrected chi connectivity index (χ2v) is 3.84. The third-order valence-corrected chi connectivity index (χ3v) is 2.76. The molecule has 0 radical (unpaired) electrons. The van der Waals surface area contributed by atoms with Crippen molar-refractivity contribution in [2.75, 3.05) is 0 Å². The molecule has 0 saturated heterocycles. The lowest BCUT2D eigenvalue weighted by Crippen LogP contribution is -1.73. The van der Waals surface area contributed by atoms with Crippen LogP contribution >= 0.6 is 0 Å². The molecule has 0 atom stereocenters. The molecule has 0 amide bonds. The Balaban J connectivity index is 1.97. The van der Waals surface area contributed by atoms with Crippen molar-refractivity contribution >= 4 is 22.9 Å². The van der Waals surface area contributed by atoms with Crippen LogP contribution in [-0.2, 0) is 0 Å². The highest BCUT2D eigenvalue weighted by atomic mass is 16.1. The Labute approximate surface area is 93.3 Å². The highest BCUT2D eigenvalue weighted by Crippen LogP contribution is 2.21. The van der Waals surface area contributed by atoms with Gasteiger partial charge in [-0.2, -0.15) is 0 Å². The third kappa shape index (κ3) is 1.47. The van der Waals surface area contributed by atoms with Crippen LogP contribution in [0.1, 0.15) is 11.1 Å². The normalized spacial score (nSPS) is 11.8. The van der Waals surface area contributed by atoms with Crippen LogP contribution in [0.5, 0.6) is 0 Å². The van der Waals surface area contributed by atoms with Crippen molar-refractivity contribution < 1.29 is 0 Å². The van der Waals surface area contributed by atoms with Gasteiger partial charge in [0, 0.05) is 10.8 Å². The molecule has 0 aliphatic rings. The van der Waals surface area contributed by atoms with E-state index in [0.717, 1.165) is 21.9 Å². The van der Waals surface area contributed by atoms with Gasteiger partial charge in [0.05, 0.1) is 0 Å². The van der Waals surface area contributed by atoms with Gasteiger partial charge in [0.2, 0.25) is 0 Å². The van der Waals surface area contributed by atoms with Gasteiger partial charge in [0.15, 0.2) is 5.43 Å². The first kappa shape index (κ1) is 9.10. The molecule has 16 heavy (non-hydrogen) atoms. The Morgan fingerprint density at radius 2 is 1.62 bits per heavy atom. The van der Waals surface area contributed by atoms with Crippen LogP contribution < -0.4 is 5.43 Å². The largest absolute Gasteiger partial charge is 0.289 e. The van der Waals surface area contributed by atoms with Crippen LogP contribution in [0, 0.1) is 0 Å². The molecule has 0 bridgehead atoms. The van der Waals surface area contributed by atoms with Gasteiger partial charge in [-0.25, -0.2) is 0 Å². The van der Waals surface area contributed by atoms with Crippen molar-refractivity contribution in [3.63, 3.8) is 0 Å². The summed E-state index contributed by atoms with van der Waals surface area (Å²) in [5, 5.41) is 1.75. The maximum atomic E-state index is 11.3. The monoisotopic (exact) mass is 206 g/mol. The highest BCUT2D eigenvalue weighted by Gasteiger charge is 2.13. The van der Waals surface area contributed by atoms with Crippen LogP contribution in [0.15, 0.2) is 53.3 Å². The van der Waals surface area contributed by atoms with E-state index in [4.69, 9.17) is 0 Å². The van der Waals surface area contributed by atoms with E-state index in [2.05, 4.69) is 0 Å². The Bertz CT molecular complexity index is 668. The van der Waals surface area contributed by atoms with Crippen molar-refractivity contribution in [2.24, 2.45) is 0 Å². The second kappa shape index (κ2) is 3.46. The standard InChI is InChI=1S/C15H10O/c16-15-13-8-4-7-12(14(13)15)10-9-11-5-2-1-3-6-11/h1-10H/b10-9+. The molecule has 0 heterocycles. The fourth-order valence-electron chi connectivity index (χ4n) is 1.85. The van der Waals surface area contributed by atoms with E-state index in [-0.39, 0.29) is 5.43 Å². The van der Waals surface area contributed by atoms with Gasteiger partial charge < -0.3 is 0 Å². The first-order valence-electron chi connectivity index (χ1n) is 5.27. The number of hydrogen-bond donors (Lipinski definition) is 0. The topological polar surface area (TPSA) is 17.1 Å². The zero-order valence-corrected chi connectivity index (χ0v) is 8.68. The van der Waals surface area contributed by atoms with Gasteiger partial charge in [0.1, 0.15) is 0 Å². The molecule has 0 aliphatic carbocycles. The fourth-order valence-corrected chi connectivity index (χ4v) is 1.85. The van der Waals surface area contributed by atoms with Gasteiger partial charge in [-0.1, -0.05) is 60.7 Å². The molecule has 0 fully saturated rings. The van der Waals surface area contributed by atoms with E-state index < -0.39 is 0 Å². The fraction of sp³-hybridized carbons (Fsp3) is 0. The summed E-state index contributed by atoms with van der Waals surface area (Å²) in [5.74, 6) is 0. The molecular formula is C15H10O. The van der Waals surface area contributed by atoms with E-state index in [1.54, 1.807) is 0 Å². The van der Waals surface area contributed by atoms with Crippen LogP contribution in [-0.4, -0.2) is 0 Å². The van der Waals surface area contributed by atoms with Crippen molar-refractivity contribution in [2.45, 2.75) is 0 Å². The molecule has 1 heteroatoms. The first-order valence-corrected chi connectivity index (χ1v) is 5.27. The smallest absolute Gasteiger partial charge is 0.195 e. The van der Waals surface area contributed by atoms with Crippen LogP contribution in [0.3, 0.4) is 0 Å². The number of rotatable bonds is 2. The van der Waals surface area contributed by atoms with E-state index in [0.29, 0.717) is 0 Å². The van der Waals surface area contributed by atoms with Gasteiger partial charge in [0.25, 0.3) is 0 Å². The van der Waals surface area contributed by atoms with Crippen LogP contribution in [0.4, 0.5) is 0 Å². The van der Waals surface area contributed by atoms with Crippen molar-refractivity contribution in [1.29, 1.82) is 0 Å². The molecule has 0 spiro atoms. The summed E-state index contributed by atoms with van der Waals surface area (Å²) in [6, 6.07) is 15.9. The molecule has 0 aliphatic heterocycles. The van der Waals surface area contributed by atoms with Crippen molar-refractivity contribution in [1.82, 2.24) is 0 Å². The van der Waals surface area contributed by atoms with Gasteiger partial charge >= 0.3 is 0 Å². The van der Waals surface area contributed by atoms with Gasteiger partial charge in [-0.05, 0) is 11.1 Å². The third-order valence-electron chi connectivity index (χ3n) is 2.76.